The van der Waals surface area contributed by atoms with Crippen LogP contribution in [0.4, 0.5) is 4.79 Å². The van der Waals surface area contributed by atoms with Crippen molar-refractivity contribution in [3.05, 3.63) is 35.9 Å². The highest BCUT2D eigenvalue weighted by molar-refractivity contribution is 5.89. The van der Waals surface area contributed by atoms with Crippen molar-refractivity contribution in [2.75, 3.05) is 19.7 Å². The van der Waals surface area contributed by atoms with Gasteiger partial charge in [0, 0.05) is 18.9 Å². The quantitative estimate of drug-likeness (QED) is 0.717. The molecule has 1 fully saturated rings. The predicted octanol–water partition coefficient (Wildman–Crippen LogP) is 2.56. The molecule has 24 heavy (non-hydrogen) atoms. The third-order valence-electron chi connectivity index (χ3n) is 3.94. The molecule has 1 aromatic rings. The summed E-state index contributed by atoms with van der Waals surface area (Å²) in [7, 11) is 0. The van der Waals surface area contributed by atoms with Gasteiger partial charge in [0.1, 0.15) is 6.61 Å². The van der Waals surface area contributed by atoms with Gasteiger partial charge in [-0.2, -0.15) is 0 Å². The molecule has 1 atom stereocenters. The molecule has 6 nitrogen and oxygen atoms in total. The SMILES string of the molecule is CCOC(=O)CCCC1CN(C(=O)OCc2ccccc2)CC1=O. The third kappa shape index (κ3) is 5.37. The number of ether oxygens (including phenoxy) is 2. The van der Waals surface area contributed by atoms with Crippen molar-refractivity contribution in [3.63, 3.8) is 0 Å². The van der Waals surface area contributed by atoms with Crippen LogP contribution in [-0.2, 0) is 25.7 Å². The standard InChI is InChI=1S/C18H23NO5/c1-2-23-17(21)10-6-9-15-11-19(12-16(15)20)18(22)24-13-14-7-4-3-5-8-14/h3-5,7-8,15H,2,6,9-13H2,1H3. The molecule has 0 bridgehead atoms. The minimum absolute atomic E-state index is 0.0236. The van der Waals surface area contributed by atoms with E-state index in [0.29, 0.717) is 32.4 Å². The van der Waals surface area contributed by atoms with E-state index in [1.54, 1.807) is 6.92 Å². The van der Waals surface area contributed by atoms with Gasteiger partial charge in [0.15, 0.2) is 5.78 Å². The van der Waals surface area contributed by atoms with Crippen LogP contribution in [0.15, 0.2) is 30.3 Å². The van der Waals surface area contributed by atoms with Gasteiger partial charge in [0.05, 0.1) is 13.2 Å². The zero-order valence-electron chi connectivity index (χ0n) is 13.9. The third-order valence-corrected chi connectivity index (χ3v) is 3.94. The van der Waals surface area contributed by atoms with E-state index in [2.05, 4.69) is 0 Å². The number of hydrogen-bond donors (Lipinski definition) is 0. The minimum Gasteiger partial charge on any atom is -0.466 e. The van der Waals surface area contributed by atoms with Gasteiger partial charge in [-0.05, 0) is 25.3 Å². The molecule has 0 spiro atoms. The Bertz CT molecular complexity index is 572. The van der Waals surface area contributed by atoms with E-state index < -0.39 is 6.09 Å². The molecule has 6 heteroatoms. The molecule has 1 aromatic carbocycles. The van der Waals surface area contributed by atoms with Crippen molar-refractivity contribution >= 4 is 17.8 Å². The molecule has 1 unspecified atom stereocenters. The largest absolute Gasteiger partial charge is 0.466 e. The fraction of sp³-hybridized carbons (Fsp3) is 0.500. The molecule has 2 rings (SSSR count). The lowest BCUT2D eigenvalue weighted by Gasteiger charge is -2.15. The zero-order valence-corrected chi connectivity index (χ0v) is 13.9. The lowest BCUT2D eigenvalue weighted by atomic mass is 10.0. The monoisotopic (exact) mass is 333 g/mol. The summed E-state index contributed by atoms with van der Waals surface area (Å²) in [5.74, 6) is -0.443. The Morgan fingerprint density at radius 2 is 1.96 bits per heavy atom. The van der Waals surface area contributed by atoms with Crippen LogP contribution >= 0.6 is 0 Å². The number of amides is 1. The van der Waals surface area contributed by atoms with E-state index >= 15 is 0 Å². The summed E-state index contributed by atoms with van der Waals surface area (Å²) in [4.78, 5) is 36.8. The highest BCUT2D eigenvalue weighted by Crippen LogP contribution is 2.20. The van der Waals surface area contributed by atoms with Gasteiger partial charge in [-0.15, -0.1) is 0 Å². The van der Waals surface area contributed by atoms with Gasteiger partial charge < -0.3 is 14.4 Å². The predicted molar refractivity (Wildman–Crippen MR) is 87.2 cm³/mol. The molecule has 0 N–H and O–H groups in total. The van der Waals surface area contributed by atoms with Crippen LogP contribution in [-0.4, -0.2) is 42.4 Å². The van der Waals surface area contributed by atoms with Gasteiger partial charge in [-0.25, -0.2) is 4.79 Å². The number of rotatable bonds is 7. The lowest BCUT2D eigenvalue weighted by molar-refractivity contribution is -0.143. The maximum Gasteiger partial charge on any atom is 0.410 e. The number of likely N-dealkylation sites (tertiary alicyclic amines) is 1. The molecule has 1 heterocycles. The summed E-state index contributed by atoms with van der Waals surface area (Å²) in [6.07, 6.45) is 0.998. The molecule has 1 aliphatic heterocycles. The summed E-state index contributed by atoms with van der Waals surface area (Å²) >= 11 is 0. The van der Waals surface area contributed by atoms with Gasteiger partial charge in [-0.1, -0.05) is 30.3 Å². The smallest absolute Gasteiger partial charge is 0.410 e. The summed E-state index contributed by atoms with van der Waals surface area (Å²) in [5, 5.41) is 0. The van der Waals surface area contributed by atoms with E-state index in [0.717, 1.165) is 5.56 Å². The van der Waals surface area contributed by atoms with Crippen molar-refractivity contribution < 1.29 is 23.9 Å². The van der Waals surface area contributed by atoms with E-state index in [1.165, 1.54) is 4.90 Å². The first-order valence-electron chi connectivity index (χ1n) is 8.24. The summed E-state index contributed by atoms with van der Waals surface area (Å²) in [6, 6.07) is 9.40. The van der Waals surface area contributed by atoms with Crippen LogP contribution < -0.4 is 0 Å². The second kappa shape index (κ2) is 9.05. The lowest BCUT2D eigenvalue weighted by Crippen LogP contribution is -2.29. The Morgan fingerprint density at radius 1 is 1.21 bits per heavy atom. The summed E-state index contributed by atoms with van der Waals surface area (Å²) < 4.78 is 10.1. The molecule has 1 amide bonds. The fourth-order valence-corrected chi connectivity index (χ4v) is 2.68. The molecule has 0 saturated carbocycles. The molecular formula is C18H23NO5. The summed E-state index contributed by atoms with van der Waals surface area (Å²) in [5.41, 5.74) is 0.905. The summed E-state index contributed by atoms with van der Waals surface area (Å²) in [6.45, 7) is 2.75. The molecule has 0 radical (unpaired) electrons. The van der Waals surface area contributed by atoms with Crippen LogP contribution in [0.25, 0.3) is 0 Å². The van der Waals surface area contributed by atoms with Gasteiger partial charge in [0.25, 0.3) is 0 Å². The number of carbonyl (C=O) groups excluding carboxylic acids is 3. The Hall–Kier alpha value is -2.37. The van der Waals surface area contributed by atoms with Crippen LogP contribution in [0.2, 0.25) is 0 Å². The Labute approximate surface area is 141 Å². The number of carbonyl (C=O) groups is 3. The van der Waals surface area contributed by atoms with E-state index in [9.17, 15) is 14.4 Å². The Morgan fingerprint density at radius 3 is 2.67 bits per heavy atom. The normalized spacial score (nSPS) is 17.0. The number of benzene rings is 1. The van der Waals surface area contributed by atoms with Gasteiger partial charge >= 0.3 is 12.1 Å². The van der Waals surface area contributed by atoms with Crippen molar-refractivity contribution in [1.29, 1.82) is 0 Å². The van der Waals surface area contributed by atoms with Crippen LogP contribution in [0.1, 0.15) is 31.7 Å². The minimum atomic E-state index is -0.472. The van der Waals surface area contributed by atoms with Crippen LogP contribution in [0, 0.1) is 5.92 Å². The highest BCUT2D eigenvalue weighted by atomic mass is 16.6. The van der Waals surface area contributed by atoms with Crippen molar-refractivity contribution in [3.8, 4) is 0 Å². The highest BCUT2D eigenvalue weighted by Gasteiger charge is 2.34. The fourth-order valence-electron chi connectivity index (χ4n) is 2.68. The molecule has 1 saturated heterocycles. The van der Waals surface area contributed by atoms with Crippen molar-refractivity contribution in [2.45, 2.75) is 32.8 Å². The first-order valence-corrected chi connectivity index (χ1v) is 8.24. The first kappa shape index (κ1) is 18.0. The van der Waals surface area contributed by atoms with Crippen LogP contribution in [0.5, 0.6) is 0 Å². The van der Waals surface area contributed by atoms with E-state index in [-0.39, 0.29) is 30.8 Å². The maximum atomic E-state index is 12.1. The second-order valence-corrected chi connectivity index (χ2v) is 5.78. The molecule has 1 aliphatic rings. The average Bonchev–Trinajstić information content (AvgIpc) is 2.95. The first-order chi connectivity index (χ1) is 11.6. The van der Waals surface area contributed by atoms with Gasteiger partial charge in [-0.3, -0.25) is 9.59 Å². The van der Waals surface area contributed by atoms with Crippen LogP contribution in [0.3, 0.4) is 0 Å². The number of esters is 1. The van der Waals surface area contributed by atoms with E-state index in [1.807, 2.05) is 30.3 Å². The van der Waals surface area contributed by atoms with Gasteiger partial charge in [0.2, 0.25) is 0 Å². The average molecular weight is 333 g/mol. The maximum absolute atomic E-state index is 12.1. The molecular weight excluding hydrogens is 310 g/mol. The second-order valence-electron chi connectivity index (χ2n) is 5.78. The Balaban J connectivity index is 1.72. The Kier molecular flexibility index (Phi) is 6.78. The number of Topliss-reactive ketones (excluding diaryl/α,β-unsaturated/α-hetero) is 1. The topological polar surface area (TPSA) is 72.9 Å². The number of ketones is 1. The van der Waals surface area contributed by atoms with Crippen molar-refractivity contribution in [1.82, 2.24) is 4.90 Å². The molecule has 0 aliphatic carbocycles. The zero-order chi connectivity index (χ0) is 17.4. The molecule has 130 valence electrons. The van der Waals surface area contributed by atoms with E-state index in [4.69, 9.17) is 9.47 Å². The molecule has 0 aromatic heterocycles. The number of nitrogens with zero attached hydrogens (tertiary/aromatic N) is 1. The number of hydrogen-bond acceptors (Lipinski definition) is 5. The van der Waals surface area contributed by atoms with Crippen molar-refractivity contribution in [2.24, 2.45) is 5.92 Å².